The van der Waals surface area contributed by atoms with Gasteiger partial charge < -0.3 is 19.5 Å². The molecule has 0 radical (unpaired) electrons. The van der Waals surface area contributed by atoms with Crippen molar-refractivity contribution in [2.45, 2.75) is 26.5 Å². The highest BCUT2D eigenvalue weighted by molar-refractivity contribution is 5.92. The number of nitrogens with one attached hydrogen (secondary N) is 1. The van der Waals surface area contributed by atoms with Crippen molar-refractivity contribution in [1.82, 2.24) is 5.32 Å². The van der Waals surface area contributed by atoms with Gasteiger partial charge in [-0.25, -0.2) is 9.18 Å². The Kier molecular flexibility index (Phi) is 7.16. The van der Waals surface area contributed by atoms with Crippen LogP contribution in [0.3, 0.4) is 0 Å². The number of methoxy groups -OCH3 is 1. The Morgan fingerprint density at radius 2 is 1.81 bits per heavy atom. The number of benzene rings is 2. The molecular formula is C20H22FNO5. The van der Waals surface area contributed by atoms with Crippen molar-refractivity contribution < 1.29 is 28.2 Å². The maximum Gasteiger partial charge on any atom is 0.339 e. The second-order valence-corrected chi connectivity index (χ2v) is 5.69. The topological polar surface area (TPSA) is 73.9 Å². The van der Waals surface area contributed by atoms with E-state index in [1.54, 1.807) is 24.3 Å². The minimum absolute atomic E-state index is 0.206. The molecule has 1 unspecified atom stereocenters. The van der Waals surface area contributed by atoms with Crippen molar-refractivity contribution in [2.75, 3.05) is 13.7 Å². The molecule has 144 valence electrons. The monoisotopic (exact) mass is 375 g/mol. The lowest BCUT2D eigenvalue weighted by Crippen LogP contribution is -2.35. The Morgan fingerprint density at radius 1 is 1.11 bits per heavy atom. The third-order valence-electron chi connectivity index (χ3n) is 3.73. The van der Waals surface area contributed by atoms with Crippen molar-refractivity contribution in [3.8, 4) is 11.5 Å². The number of hydrogen-bond donors (Lipinski definition) is 1. The van der Waals surface area contributed by atoms with Crippen LogP contribution in [0.5, 0.6) is 11.5 Å². The molecule has 2 rings (SSSR count). The summed E-state index contributed by atoms with van der Waals surface area (Å²) in [4.78, 5) is 24.4. The first-order valence-electron chi connectivity index (χ1n) is 8.48. The summed E-state index contributed by atoms with van der Waals surface area (Å²) in [6.07, 6.45) is -0.990. The first-order chi connectivity index (χ1) is 12.9. The summed E-state index contributed by atoms with van der Waals surface area (Å²) in [5.41, 5.74) is 0.980. The second kappa shape index (κ2) is 9.56. The molecule has 0 aliphatic carbocycles. The zero-order chi connectivity index (χ0) is 19.8. The Morgan fingerprint density at radius 3 is 2.44 bits per heavy atom. The van der Waals surface area contributed by atoms with Gasteiger partial charge in [-0.1, -0.05) is 12.1 Å². The molecule has 0 spiro atoms. The number of hydrogen-bond acceptors (Lipinski definition) is 5. The molecule has 0 aliphatic heterocycles. The molecule has 1 N–H and O–H groups in total. The fourth-order valence-corrected chi connectivity index (χ4v) is 2.29. The van der Waals surface area contributed by atoms with E-state index in [1.165, 1.54) is 32.2 Å². The van der Waals surface area contributed by atoms with Crippen LogP contribution >= 0.6 is 0 Å². The number of esters is 1. The summed E-state index contributed by atoms with van der Waals surface area (Å²) < 4.78 is 28.7. The van der Waals surface area contributed by atoms with Crippen molar-refractivity contribution in [2.24, 2.45) is 0 Å². The van der Waals surface area contributed by atoms with Crippen LogP contribution in [0, 0.1) is 5.82 Å². The Hall–Kier alpha value is -3.09. The molecular weight excluding hydrogens is 353 g/mol. The molecule has 0 fully saturated rings. The quantitative estimate of drug-likeness (QED) is 0.718. The smallest absolute Gasteiger partial charge is 0.339 e. The van der Waals surface area contributed by atoms with Gasteiger partial charge in [0.05, 0.1) is 19.3 Å². The molecule has 6 nitrogen and oxygen atoms in total. The third-order valence-corrected chi connectivity index (χ3v) is 3.73. The van der Waals surface area contributed by atoms with Crippen molar-refractivity contribution in [3.63, 3.8) is 0 Å². The lowest BCUT2D eigenvalue weighted by molar-refractivity contribution is -0.129. The van der Waals surface area contributed by atoms with E-state index in [4.69, 9.17) is 14.2 Å². The van der Waals surface area contributed by atoms with Crippen molar-refractivity contribution >= 4 is 11.9 Å². The van der Waals surface area contributed by atoms with Crippen LogP contribution in [0.25, 0.3) is 0 Å². The molecule has 0 aliphatic rings. The highest BCUT2D eigenvalue weighted by Gasteiger charge is 2.20. The van der Waals surface area contributed by atoms with E-state index in [0.29, 0.717) is 18.1 Å². The molecule has 2 aromatic rings. The van der Waals surface area contributed by atoms with Crippen LogP contribution < -0.4 is 14.8 Å². The zero-order valence-electron chi connectivity index (χ0n) is 15.5. The Balaban J connectivity index is 1.93. The number of carbonyl (C=O) groups is 2. The molecule has 0 bridgehead atoms. The van der Waals surface area contributed by atoms with E-state index in [0.717, 1.165) is 5.56 Å². The maximum atomic E-state index is 12.9. The number of rotatable bonds is 8. The first-order valence-corrected chi connectivity index (χ1v) is 8.48. The minimum atomic E-state index is -0.990. The van der Waals surface area contributed by atoms with E-state index in [1.807, 2.05) is 6.92 Å². The summed E-state index contributed by atoms with van der Waals surface area (Å²) in [6, 6.07) is 10.4. The summed E-state index contributed by atoms with van der Waals surface area (Å²) >= 11 is 0. The summed E-state index contributed by atoms with van der Waals surface area (Å²) in [6.45, 7) is 3.99. The molecule has 27 heavy (non-hydrogen) atoms. The van der Waals surface area contributed by atoms with Gasteiger partial charge in [-0.3, -0.25) is 4.79 Å². The van der Waals surface area contributed by atoms with Gasteiger partial charge in [0.25, 0.3) is 5.91 Å². The number of halogens is 1. The van der Waals surface area contributed by atoms with Gasteiger partial charge in [-0.2, -0.15) is 0 Å². The van der Waals surface area contributed by atoms with Gasteiger partial charge in [-0.05, 0) is 49.7 Å². The maximum absolute atomic E-state index is 12.9. The van der Waals surface area contributed by atoms with E-state index >= 15 is 0 Å². The fraction of sp³-hybridized carbons (Fsp3) is 0.300. The highest BCUT2D eigenvalue weighted by Crippen LogP contribution is 2.28. The summed E-state index contributed by atoms with van der Waals surface area (Å²) in [5.74, 6) is -0.536. The first kappa shape index (κ1) is 20.2. The Bertz CT molecular complexity index is 791. The highest BCUT2D eigenvalue weighted by atomic mass is 19.1. The van der Waals surface area contributed by atoms with E-state index in [-0.39, 0.29) is 17.9 Å². The predicted octanol–water partition coefficient (Wildman–Crippen LogP) is 3.09. The normalized spacial score (nSPS) is 11.4. The van der Waals surface area contributed by atoms with Gasteiger partial charge in [0, 0.05) is 6.54 Å². The standard InChI is InChI=1S/C20H22FNO5/c1-4-26-17-10-7-15(11-18(17)25-3)20(24)27-13(2)19(23)22-12-14-5-8-16(21)9-6-14/h5-11,13H,4,12H2,1-3H3,(H,22,23). The average molecular weight is 375 g/mol. The molecule has 0 heterocycles. The van der Waals surface area contributed by atoms with E-state index in [9.17, 15) is 14.0 Å². The third kappa shape index (κ3) is 5.70. The molecule has 7 heteroatoms. The van der Waals surface area contributed by atoms with Gasteiger partial charge in [0.2, 0.25) is 0 Å². The van der Waals surface area contributed by atoms with Gasteiger partial charge in [0.1, 0.15) is 5.82 Å². The fourth-order valence-electron chi connectivity index (χ4n) is 2.29. The minimum Gasteiger partial charge on any atom is -0.493 e. The van der Waals surface area contributed by atoms with Crippen molar-refractivity contribution in [1.29, 1.82) is 0 Å². The van der Waals surface area contributed by atoms with Crippen LogP contribution in [-0.2, 0) is 16.1 Å². The molecule has 0 saturated carbocycles. The number of amides is 1. The van der Waals surface area contributed by atoms with E-state index < -0.39 is 18.0 Å². The van der Waals surface area contributed by atoms with Gasteiger partial charge >= 0.3 is 5.97 Å². The molecule has 0 saturated heterocycles. The molecule has 1 atom stereocenters. The van der Waals surface area contributed by atoms with Gasteiger partial charge in [-0.15, -0.1) is 0 Å². The van der Waals surface area contributed by atoms with E-state index in [2.05, 4.69) is 5.32 Å². The zero-order valence-corrected chi connectivity index (χ0v) is 15.5. The number of ether oxygens (including phenoxy) is 3. The SMILES string of the molecule is CCOc1ccc(C(=O)OC(C)C(=O)NCc2ccc(F)cc2)cc1OC. The van der Waals surface area contributed by atoms with Crippen LogP contribution in [-0.4, -0.2) is 31.7 Å². The van der Waals surface area contributed by atoms with Crippen LogP contribution in [0.2, 0.25) is 0 Å². The largest absolute Gasteiger partial charge is 0.493 e. The molecule has 2 aromatic carbocycles. The molecule has 0 aromatic heterocycles. The molecule has 1 amide bonds. The van der Waals surface area contributed by atoms with Crippen LogP contribution in [0.15, 0.2) is 42.5 Å². The van der Waals surface area contributed by atoms with Crippen LogP contribution in [0.1, 0.15) is 29.8 Å². The number of carbonyl (C=O) groups excluding carboxylic acids is 2. The van der Waals surface area contributed by atoms with Gasteiger partial charge in [0.15, 0.2) is 17.6 Å². The predicted molar refractivity (Wildman–Crippen MR) is 97.3 cm³/mol. The lowest BCUT2D eigenvalue weighted by atomic mass is 10.2. The lowest BCUT2D eigenvalue weighted by Gasteiger charge is -2.15. The summed E-state index contributed by atoms with van der Waals surface area (Å²) in [7, 11) is 1.47. The average Bonchev–Trinajstić information content (AvgIpc) is 2.67. The van der Waals surface area contributed by atoms with Crippen LogP contribution in [0.4, 0.5) is 4.39 Å². The summed E-state index contributed by atoms with van der Waals surface area (Å²) in [5, 5.41) is 2.64. The van der Waals surface area contributed by atoms with Crippen molar-refractivity contribution in [3.05, 3.63) is 59.4 Å². The second-order valence-electron chi connectivity index (χ2n) is 5.69. The Labute approximate surface area is 157 Å².